The van der Waals surface area contributed by atoms with E-state index in [1.54, 1.807) is 7.11 Å². The molecule has 0 aliphatic heterocycles. The number of ether oxygens (including phenoxy) is 1. The van der Waals surface area contributed by atoms with E-state index in [1.807, 2.05) is 54.7 Å². The zero-order chi connectivity index (χ0) is 20.7. The van der Waals surface area contributed by atoms with Crippen LogP contribution in [0.3, 0.4) is 0 Å². The number of methoxy groups -OCH3 is 1. The van der Waals surface area contributed by atoms with Crippen molar-refractivity contribution in [3.8, 4) is 5.75 Å². The average molecular weight is 371 g/mol. The summed E-state index contributed by atoms with van der Waals surface area (Å²) in [5.41, 5.74) is 6.31. The number of fused-ring (bicyclic) bond motifs is 1. The highest BCUT2D eigenvalue weighted by atomic mass is 16.5. The zero-order valence-corrected chi connectivity index (χ0v) is 18.6. The molecule has 0 radical (unpaired) electrons. The van der Waals surface area contributed by atoms with Crippen LogP contribution in [-0.2, 0) is 6.54 Å². The summed E-state index contributed by atoms with van der Waals surface area (Å²) in [7, 11) is 1.70. The first-order chi connectivity index (χ1) is 12.9. The molecule has 27 heavy (non-hydrogen) atoms. The van der Waals surface area contributed by atoms with E-state index in [9.17, 15) is 0 Å². The molecule has 0 saturated heterocycles. The van der Waals surface area contributed by atoms with Gasteiger partial charge < -0.3 is 9.30 Å². The Balaban J connectivity index is 0.000000855. The summed E-state index contributed by atoms with van der Waals surface area (Å²) < 4.78 is 7.66. The van der Waals surface area contributed by atoms with Crippen molar-refractivity contribution in [1.29, 1.82) is 0 Å². The van der Waals surface area contributed by atoms with Crippen LogP contribution in [0.1, 0.15) is 61.6 Å². The maximum Gasteiger partial charge on any atom is 0.144 e. The first kappa shape index (κ1) is 22.6. The van der Waals surface area contributed by atoms with Gasteiger partial charge in [-0.3, -0.25) is 4.98 Å². The van der Waals surface area contributed by atoms with Crippen molar-refractivity contribution in [2.75, 3.05) is 7.11 Å². The van der Waals surface area contributed by atoms with Gasteiger partial charge in [0, 0.05) is 28.9 Å². The first-order valence-electron chi connectivity index (χ1n) is 9.72. The summed E-state index contributed by atoms with van der Waals surface area (Å²) in [6, 6.07) is 0. The van der Waals surface area contributed by atoms with E-state index >= 15 is 0 Å². The monoisotopic (exact) mass is 370 g/mol. The SMILES string of the molecule is CC.CC.COc1c(C)cnc(Cn2cc(C)c3c(C)nc(C)nc32)c1C. The molecule has 3 heterocycles. The van der Waals surface area contributed by atoms with Crippen LogP contribution in [0, 0.1) is 34.6 Å². The zero-order valence-electron chi connectivity index (χ0n) is 18.6. The fourth-order valence-corrected chi connectivity index (χ4v) is 3.24. The van der Waals surface area contributed by atoms with Gasteiger partial charge in [0.1, 0.15) is 17.2 Å². The van der Waals surface area contributed by atoms with Crippen LogP contribution in [0.2, 0.25) is 0 Å². The lowest BCUT2D eigenvalue weighted by molar-refractivity contribution is 0.406. The van der Waals surface area contributed by atoms with Crippen molar-refractivity contribution in [1.82, 2.24) is 19.5 Å². The maximum absolute atomic E-state index is 5.51. The third-order valence-electron chi connectivity index (χ3n) is 4.27. The van der Waals surface area contributed by atoms with Crippen LogP contribution in [0.25, 0.3) is 11.0 Å². The van der Waals surface area contributed by atoms with Gasteiger partial charge in [0.15, 0.2) is 0 Å². The van der Waals surface area contributed by atoms with Crippen molar-refractivity contribution in [2.24, 2.45) is 0 Å². The standard InChI is InChI=1S/C18H22N4O.2C2H6/c1-10-7-19-15(12(3)17(10)23-6)9-22-8-11(2)16-13(4)20-14(5)21-18(16)22;2*1-2/h7-8H,9H2,1-6H3;2*1-2H3. The second-order valence-corrected chi connectivity index (χ2v) is 6.04. The summed E-state index contributed by atoms with van der Waals surface area (Å²) in [6.07, 6.45) is 3.99. The Morgan fingerprint density at radius 2 is 1.56 bits per heavy atom. The highest BCUT2D eigenvalue weighted by Crippen LogP contribution is 2.27. The molecule has 0 atom stereocenters. The minimum absolute atomic E-state index is 0.669. The molecule has 0 spiro atoms. The number of aromatic nitrogens is 4. The van der Waals surface area contributed by atoms with Gasteiger partial charge in [0.05, 0.1) is 25.0 Å². The summed E-state index contributed by atoms with van der Waals surface area (Å²) in [5, 5.41) is 1.13. The highest BCUT2D eigenvalue weighted by molar-refractivity contribution is 5.82. The average Bonchev–Trinajstić information content (AvgIpc) is 2.97. The van der Waals surface area contributed by atoms with E-state index in [1.165, 1.54) is 5.56 Å². The van der Waals surface area contributed by atoms with E-state index in [-0.39, 0.29) is 0 Å². The predicted octanol–water partition coefficient (Wildman–Crippen LogP) is 5.48. The number of pyridine rings is 1. The first-order valence-corrected chi connectivity index (χ1v) is 9.72. The van der Waals surface area contributed by atoms with Crippen LogP contribution < -0.4 is 4.74 Å². The molecule has 0 N–H and O–H groups in total. The topological polar surface area (TPSA) is 52.8 Å². The molecule has 3 rings (SSSR count). The summed E-state index contributed by atoms with van der Waals surface area (Å²) in [5.74, 6) is 1.70. The maximum atomic E-state index is 5.51. The van der Waals surface area contributed by atoms with Crippen molar-refractivity contribution in [2.45, 2.75) is 68.9 Å². The van der Waals surface area contributed by atoms with E-state index in [0.717, 1.165) is 45.1 Å². The van der Waals surface area contributed by atoms with Crippen LogP contribution in [0.5, 0.6) is 5.75 Å². The molecule has 5 nitrogen and oxygen atoms in total. The molecule has 0 saturated carbocycles. The van der Waals surface area contributed by atoms with Crippen molar-refractivity contribution in [3.05, 3.63) is 46.3 Å². The second-order valence-electron chi connectivity index (χ2n) is 6.04. The Labute approximate surface area is 163 Å². The quantitative estimate of drug-likeness (QED) is 0.613. The minimum atomic E-state index is 0.669. The van der Waals surface area contributed by atoms with Gasteiger partial charge in [0.2, 0.25) is 0 Å². The van der Waals surface area contributed by atoms with E-state index < -0.39 is 0 Å². The van der Waals surface area contributed by atoms with Gasteiger partial charge in [-0.05, 0) is 40.2 Å². The van der Waals surface area contributed by atoms with Gasteiger partial charge in [-0.25, -0.2) is 9.97 Å². The van der Waals surface area contributed by atoms with Gasteiger partial charge >= 0.3 is 0 Å². The number of nitrogens with zero attached hydrogens (tertiary/aromatic N) is 4. The normalized spacial score (nSPS) is 10.0. The van der Waals surface area contributed by atoms with Gasteiger partial charge in [-0.1, -0.05) is 27.7 Å². The molecule has 0 bridgehead atoms. The third kappa shape index (κ3) is 4.65. The molecule has 3 aromatic rings. The lowest BCUT2D eigenvalue weighted by Crippen LogP contribution is -2.06. The number of hydrogen-bond acceptors (Lipinski definition) is 4. The molecule has 0 aliphatic rings. The molecule has 0 fully saturated rings. The lowest BCUT2D eigenvalue weighted by Gasteiger charge is -2.13. The van der Waals surface area contributed by atoms with Gasteiger partial charge in [-0.2, -0.15) is 0 Å². The van der Waals surface area contributed by atoms with Gasteiger partial charge in [0.25, 0.3) is 0 Å². The Hall–Kier alpha value is -2.43. The second kappa shape index (κ2) is 10.0. The molecule has 0 aliphatic carbocycles. The van der Waals surface area contributed by atoms with Crippen molar-refractivity contribution in [3.63, 3.8) is 0 Å². The Morgan fingerprint density at radius 1 is 0.926 bits per heavy atom. The number of aryl methyl sites for hydroxylation is 4. The lowest BCUT2D eigenvalue weighted by atomic mass is 10.1. The van der Waals surface area contributed by atoms with Crippen LogP contribution >= 0.6 is 0 Å². The van der Waals surface area contributed by atoms with Crippen LogP contribution in [-0.4, -0.2) is 26.6 Å². The summed E-state index contributed by atoms with van der Waals surface area (Å²) in [6.45, 7) is 18.8. The summed E-state index contributed by atoms with van der Waals surface area (Å²) in [4.78, 5) is 13.7. The van der Waals surface area contributed by atoms with Crippen LogP contribution in [0.4, 0.5) is 0 Å². The van der Waals surface area contributed by atoms with Crippen LogP contribution in [0.15, 0.2) is 12.4 Å². The summed E-state index contributed by atoms with van der Waals surface area (Å²) >= 11 is 0. The van der Waals surface area contributed by atoms with Gasteiger partial charge in [-0.15, -0.1) is 0 Å². The van der Waals surface area contributed by atoms with E-state index in [4.69, 9.17) is 4.74 Å². The Bertz CT molecular complexity index is 897. The molecule has 5 heteroatoms. The number of rotatable bonds is 3. The highest BCUT2D eigenvalue weighted by Gasteiger charge is 2.15. The van der Waals surface area contributed by atoms with E-state index in [2.05, 4.69) is 39.6 Å². The Morgan fingerprint density at radius 3 is 2.15 bits per heavy atom. The third-order valence-corrected chi connectivity index (χ3v) is 4.27. The largest absolute Gasteiger partial charge is 0.496 e. The molecular formula is C22H34N4O. The predicted molar refractivity (Wildman–Crippen MR) is 114 cm³/mol. The molecule has 0 aromatic carbocycles. The molecule has 148 valence electrons. The molecular weight excluding hydrogens is 336 g/mol. The Kier molecular flexibility index (Phi) is 8.41. The number of hydrogen-bond donors (Lipinski definition) is 0. The van der Waals surface area contributed by atoms with Crippen molar-refractivity contribution >= 4 is 11.0 Å². The fraction of sp³-hybridized carbons (Fsp3) is 0.500. The van der Waals surface area contributed by atoms with Crippen molar-refractivity contribution < 1.29 is 4.74 Å². The molecule has 0 amide bonds. The molecule has 3 aromatic heterocycles. The van der Waals surface area contributed by atoms with E-state index in [0.29, 0.717) is 6.54 Å². The fourth-order valence-electron chi connectivity index (χ4n) is 3.24. The smallest absolute Gasteiger partial charge is 0.144 e. The molecule has 0 unspecified atom stereocenters. The minimum Gasteiger partial charge on any atom is -0.496 e.